The van der Waals surface area contributed by atoms with Crippen molar-refractivity contribution >= 4 is 11.8 Å². The first-order valence-electron chi connectivity index (χ1n) is 8.77. The molecule has 0 unspecified atom stereocenters. The zero-order valence-electron chi connectivity index (χ0n) is 14.9. The van der Waals surface area contributed by atoms with Crippen LogP contribution in [-0.2, 0) is 11.3 Å². The van der Waals surface area contributed by atoms with Crippen molar-refractivity contribution in [3.8, 4) is 17.2 Å². The highest BCUT2D eigenvalue weighted by atomic mass is 16.7. The van der Waals surface area contributed by atoms with E-state index in [0.29, 0.717) is 53.8 Å². The van der Waals surface area contributed by atoms with Crippen molar-refractivity contribution in [1.82, 2.24) is 4.90 Å². The van der Waals surface area contributed by atoms with Gasteiger partial charge < -0.3 is 18.9 Å². The van der Waals surface area contributed by atoms with Gasteiger partial charge in [-0.1, -0.05) is 12.1 Å². The third kappa shape index (κ3) is 3.21. The number of amides is 2. The lowest BCUT2D eigenvalue weighted by atomic mass is 10.1. The normalized spacial score (nSPS) is 15.1. The molecule has 0 atom stereocenters. The van der Waals surface area contributed by atoms with E-state index in [-0.39, 0.29) is 25.2 Å². The topological polar surface area (TPSA) is 74.3 Å². The molecule has 2 heterocycles. The number of hydrogen-bond donors (Lipinski definition) is 0. The highest BCUT2D eigenvalue weighted by molar-refractivity contribution is 6.21. The third-order valence-electron chi connectivity index (χ3n) is 4.43. The fraction of sp³-hybridized carbons (Fsp3) is 0.300. The number of imide groups is 1. The van der Waals surface area contributed by atoms with Crippen LogP contribution in [0.5, 0.6) is 17.2 Å². The van der Waals surface area contributed by atoms with Gasteiger partial charge in [-0.15, -0.1) is 0 Å². The highest BCUT2D eigenvalue weighted by Crippen LogP contribution is 2.38. The summed E-state index contributed by atoms with van der Waals surface area (Å²) in [6.07, 6.45) is 0. The fourth-order valence-corrected chi connectivity index (χ4v) is 3.11. The van der Waals surface area contributed by atoms with Crippen molar-refractivity contribution in [1.29, 1.82) is 0 Å². The van der Waals surface area contributed by atoms with Crippen LogP contribution in [0, 0.1) is 0 Å². The molecule has 2 aliphatic rings. The van der Waals surface area contributed by atoms with Gasteiger partial charge in [0.05, 0.1) is 17.7 Å². The minimum absolute atomic E-state index is 0.0608. The Hall–Kier alpha value is -3.06. The lowest BCUT2D eigenvalue weighted by Gasteiger charge is -2.23. The maximum Gasteiger partial charge on any atom is 0.261 e. The molecule has 0 fully saturated rings. The van der Waals surface area contributed by atoms with E-state index < -0.39 is 0 Å². The number of rotatable bonds is 6. The number of hydrogen-bond acceptors (Lipinski definition) is 6. The Morgan fingerprint density at radius 2 is 1.63 bits per heavy atom. The molecule has 27 heavy (non-hydrogen) atoms. The molecule has 7 heteroatoms. The molecule has 0 N–H and O–H groups in total. The van der Waals surface area contributed by atoms with Gasteiger partial charge in [0, 0.05) is 18.2 Å². The van der Waals surface area contributed by atoms with E-state index in [1.807, 2.05) is 6.92 Å². The van der Waals surface area contributed by atoms with Crippen LogP contribution in [0.3, 0.4) is 0 Å². The standard InChI is InChI=1S/C20H19NO6/c1-2-24-12-27-16-10-18-17(25-7-8-26-18)9-13(16)11-21-19(22)14-5-3-4-6-15(14)20(21)23/h3-6,9-10H,2,7-8,11-12H2,1H3. The zero-order valence-corrected chi connectivity index (χ0v) is 14.9. The first-order chi connectivity index (χ1) is 13.2. The minimum atomic E-state index is -0.318. The summed E-state index contributed by atoms with van der Waals surface area (Å²) < 4.78 is 22.2. The lowest BCUT2D eigenvalue weighted by molar-refractivity contribution is 0.0211. The van der Waals surface area contributed by atoms with Gasteiger partial charge in [0.25, 0.3) is 11.8 Å². The molecule has 2 aromatic rings. The summed E-state index contributed by atoms with van der Waals surface area (Å²) in [6.45, 7) is 3.41. The molecular weight excluding hydrogens is 350 g/mol. The molecule has 0 aromatic heterocycles. The molecule has 2 amide bonds. The van der Waals surface area contributed by atoms with E-state index in [1.54, 1.807) is 36.4 Å². The van der Waals surface area contributed by atoms with E-state index in [0.717, 1.165) is 0 Å². The first-order valence-corrected chi connectivity index (χ1v) is 8.77. The van der Waals surface area contributed by atoms with Gasteiger partial charge >= 0.3 is 0 Å². The molecule has 0 radical (unpaired) electrons. The molecule has 0 aliphatic carbocycles. The van der Waals surface area contributed by atoms with Gasteiger partial charge in [-0.2, -0.15) is 0 Å². The summed E-state index contributed by atoms with van der Waals surface area (Å²) >= 11 is 0. The average Bonchev–Trinajstić information content (AvgIpc) is 2.93. The van der Waals surface area contributed by atoms with Gasteiger partial charge in [0.1, 0.15) is 19.0 Å². The first kappa shape index (κ1) is 17.4. The Kier molecular flexibility index (Phi) is 4.68. The Morgan fingerprint density at radius 1 is 1.00 bits per heavy atom. The minimum Gasteiger partial charge on any atom is -0.486 e. The van der Waals surface area contributed by atoms with Gasteiger partial charge in [-0.05, 0) is 25.1 Å². The van der Waals surface area contributed by atoms with Crippen molar-refractivity contribution in [3.05, 3.63) is 53.1 Å². The van der Waals surface area contributed by atoms with E-state index in [2.05, 4.69) is 0 Å². The van der Waals surface area contributed by atoms with E-state index in [1.165, 1.54) is 4.90 Å². The lowest BCUT2D eigenvalue weighted by Crippen LogP contribution is -2.29. The van der Waals surface area contributed by atoms with Crippen LogP contribution in [0.15, 0.2) is 36.4 Å². The Morgan fingerprint density at radius 3 is 2.26 bits per heavy atom. The molecule has 0 saturated carbocycles. The molecule has 0 spiro atoms. The average molecular weight is 369 g/mol. The van der Waals surface area contributed by atoms with Crippen LogP contribution >= 0.6 is 0 Å². The Bertz CT molecular complexity index is 859. The van der Waals surface area contributed by atoms with Crippen molar-refractivity contribution in [3.63, 3.8) is 0 Å². The maximum absolute atomic E-state index is 12.7. The Labute approximate surface area is 156 Å². The molecular formula is C20H19NO6. The van der Waals surface area contributed by atoms with Gasteiger partial charge in [0.2, 0.25) is 0 Å². The number of benzene rings is 2. The summed E-state index contributed by atoms with van der Waals surface area (Å²) in [6, 6.07) is 10.3. The number of carbonyl (C=O) groups excluding carboxylic acids is 2. The molecule has 0 saturated heterocycles. The van der Waals surface area contributed by atoms with E-state index >= 15 is 0 Å². The smallest absolute Gasteiger partial charge is 0.261 e. The maximum atomic E-state index is 12.7. The zero-order chi connectivity index (χ0) is 18.8. The molecule has 0 bridgehead atoms. The second-order valence-corrected chi connectivity index (χ2v) is 6.10. The van der Waals surface area contributed by atoms with Crippen molar-refractivity contribution < 1.29 is 28.5 Å². The summed E-state index contributed by atoms with van der Waals surface area (Å²) in [5.41, 5.74) is 1.47. The highest BCUT2D eigenvalue weighted by Gasteiger charge is 2.35. The van der Waals surface area contributed by atoms with Crippen LogP contribution in [0.25, 0.3) is 0 Å². The number of fused-ring (bicyclic) bond motifs is 2. The quantitative estimate of drug-likeness (QED) is 0.443. The van der Waals surface area contributed by atoms with Crippen molar-refractivity contribution in [2.75, 3.05) is 26.6 Å². The fourth-order valence-electron chi connectivity index (χ4n) is 3.11. The monoisotopic (exact) mass is 369 g/mol. The second kappa shape index (κ2) is 7.28. The van der Waals surface area contributed by atoms with Crippen LogP contribution < -0.4 is 14.2 Å². The predicted octanol–water partition coefficient (Wildman–Crippen LogP) is 2.63. The summed E-state index contributed by atoms with van der Waals surface area (Å²) in [7, 11) is 0. The van der Waals surface area contributed by atoms with Gasteiger partial charge in [0.15, 0.2) is 18.3 Å². The number of carbonyl (C=O) groups is 2. The number of nitrogens with zero attached hydrogens (tertiary/aromatic N) is 1. The Balaban J connectivity index is 1.64. The van der Waals surface area contributed by atoms with Crippen LogP contribution in [0.2, 0.25) is 0 Å². The second-order valence-electron chi connectivity index (χ2n) is 6.10. The van der Waals surface area contributed by atoms with Crippen LogP contribution in [0.1, 0.15) is 33.2 Å². The molecule has 140 valence electrons. The van der Waals surface area contributed by atoms with Crippen molar-refractivity contribution in [2.45, 2.75) is 13.5 Å². The number of ether oxygens (including phenoxy) is 4. The molecule has 7 nitrogen and oxygen atoms in total. The molecule has 2 aromatic carbocycles. The molecule has 2 aliphatic heterocycles. The predicted molar refractivity (Wildman–Crippen MR) is 95.2 cm³/mol. The van der Waals surface area contributed by atoms with Crippen LogP contribution in [0.4, 0.5) is 0 Å². The van der Waals surface area contributed by atoms with E-state index in [9.17, 15) is 9.59 Å². The largest absolute Gasteiger partial charge is 0.486 e. The van der Waals surface area contributed by atoms with Crippen molar-refractivity contribution in [2.24, 2.45) is 0 Å². The summed E-state index contributed by atoms with van der Waals surface area (Å²) in [4.78, 5) is 26.5. The van der Waals surface area contributed by atoms with Gasteiger partial charge in [-0.3, -0.25) is 14.5 Å². The SMILES string of the molecule is CCOCOc1cc2c(cc1CN1C(=O)c3ccccc3C1=O)OCCO2. The van der Waals surface area contributed by atoms with E-state index in [4.69, 9.17) is 18.9 Å². The van der Waals surface area contributed by atoms with Gasteiger partial charge in [-0.25, -0.2) is 0 Å². The summed E-state index contributed by atoms with van der Waals surface area (Å²) in [5, 5.41) is 0. The summed E-state index contributed by atoms with van der Waals surface area (Å²) in [5.74, 6) is 0.988. The van der Waals surface area contributed by atoms with Crippen LogP contribution in [-0.4, -0.2) is 43.3 Å². The molecule has 4 rings (SSSR count). The third-order valence-corrected chi connectivity index (χ3v) is 4.43.